The minimum Gasteiger partial charge on any atom is -0.493 e. The van der Waals surface area contributed by atoms with Gasteiger partial charge in [0.15, 0.2) is 0 Å². The fourth-order valence-corrected chi connectivity index (χ4v) is 6.28. The second-order valence-corrected chi connectivity index (χ2v) is 11.0. The molecule has 0 spiro atoms. The molecule has 9 nitrogen and oxygen atoms in total. The number of rotatable bonds is 7. The lowest BCUT2D eigenvalue weighted by atomic mass is 9.84. The maximum Gasteiger partial charge on any atom is 0.253 e. The predicted molar refractivity (Wildman–Crippen MR) is 147 cm³/mol. The summed E-state index contributed by atoms with van der Waals surface area (Å²) < 4.78 is 11.1. The van der Waals surface area contributed by atoms with Crippen LogP contribution in [0.15, 0.2) is 30.6 Å². The molecule has 2 aromatic heterocycles. The number of morpholine rings is 1. The number of ether oxygens (including phenoxy) is 2. The van der Waals surface area contributed by atoms with Crippen molar-refractivity contribution in [3.05, 3.63) is 41.7 Å². The average molecular weight is 521 g/mol. The quantitative estimate of drug-likeness (QED) is 0.597. The van der Waals surface area contributed by atoms with Gasteiger partial charge in [-0.1, -0.05) is 0 Å². The zero-order valence-electron chi connectivity index (χ0n) is 22.3. The minimum atomic E-state index is -0.00235. The van der Waals surface area contributed by atoms with Crippen LogP contribution in [0.4, 0.5) is 11.6 Å². The largest absolute Gasteiger partial charge is 0.493 e. The molecule has 1 aliphatic carbocycles. The van der Waals surface area contributed by atoms with Crippen molar-refractivity contribution in [2.75, 3.05) is 75.4 Å². The van der Waals surface area contributed by atoms with Gasteiger partial charge in [-0.05, 0) is 62.8 Å². The summed E-state index contributed by atoms with van der Waals surface area (Å²) in [5.74, 6) is 3.82. The first-order chi connectivity index (χ1) is 18.7. The van der Waals surface area contributed by atoms with E-state index in [9.17, 15) is 4.79 Å². The first-order valence-corrected chi connectivity index (χ1v) is 14.4. The van der Waals surface area contributed by atoms with Crippen molar-refractivity contribution in [2.24, 2.45) is 5.92 Å². The Labute approximate surface area is 225 Å². The summed E-state index contributed by atoms with van der Waals surface area (Å²) in [6, 6.07) is 6.11. The molecular weight excluding hydrogens is 480 g/mol. The number of piperazine rings is 1. The highest BCUT2D eigenvalue weighted by Gasteiger charge is 2.26. The molecular formula is C29H40N6O3. The Kier molecular flexibility index (Phi) is 7.92. The van der Waals surface area contributed by atoms with Gasteiger partial charge in [0.25, 0.3) is 5.91 Å². The summed E-state index contributed by atoms with van der Waals surface area (Å²) in [6.45, 7) is 9.35. The van der Waals surface area contributed by atoms with Gasteiger partial charge >= 0.3 is 0 Å². The number of pyridine rings is 2. The van der Waals surface area contributed by atoms with E-state index >= 15 is 0 Å². The van der Waals surface area contributed by atoms with Gasteiger partial charge in [0.2, 0.25) is 0 Å². The van der Waals surface area contributed by atoms with E-state index in [4.69, 9.17) is 9.47 Å². The van der Waals surface area contributed by atoms with E-state index in [-0.39, 0.29) is 11.9 Å². The summed E-state index contributed by atoms with van der Waals surface area (Å²) in [7, 11) is 0. The molecule has 0 aromatic carbocycles. The topological polar surface area (TPSA) is 83.1 Å². The molecule has 5 heterocycles. The lowest BCUT2D eigenvalue weighted by Crippen LogP contribution is -2.47. The van der Waals surface area contributed by atoms with E-state index in [1.54, 1.807) is 6.20 Å². The summed E-state index contributed by atoms with van der Waals surface area (Å²) in [5, 5.41) is 3.25. The predicted octanol–water partition coefficient (Wildman–Crippen LogP) is 2.75. The van der Waals surface area contributed by atoms with Gasteiger partial charge in [-0.15, -0.1) is 0 Å². The number of carbonyl (C=O) groups excluding carboxylic acids is 1. The minimum absolute atomic E-state index is 0.00235. The Bertz CT molecular complexity index is 1070. The normalized spacial score (nSPS) is 24.1. The molecule has 1 saturated carbocycles. The van der Waals surface area contributed by atoms with Gasteiger partial charge in [0, 0.05) is 69.7 Å². The van der Waals surface area contributed by atoms with E-state index in [1.165, 1.54) is 31.4 Å². The molecule has 1 N–H and O–H groups in total. The average Bonchev–Trinajstić information content (AvgIpc) is 3.47. The molecule has 4 aliphatic rings. The molecule has 6 rings (SSSR count). The second kappa shape index (κ2) is 11.9. The van der Waals surface area contributed by atoms with Crippen LogP contribution in [-0.2, 0) is 11.2 Å². The molecule has 2 saturated heterocycles. The first kappa shape index (κ1) is 25.4. The van der Waals surface area contributed by atoms with Crippen LogP contribution in [0.5, 0.6) is 5.75 Å². The van der Waals surface area contributed by atoms with E-state index in [1.807, 2.05) is 24.4 Å². The van der Waals surface area contributed by atoms with Crippen LogP contribution in [0.2, 0.25) is 0 Å². The standard InChI is InChI=1S/C29H40N6O3/c36-29(23-3-6-27(31-21-23)34-16-19-37-20-17-34)32-24-4-1-22(2-5-24)8-11-33-12-14-35(15-13-33)28-25-9-18-38-26(25)7-10-30-28/h3,6-7,10,21-22,24H,1-2,4-5,8-9,11-20H2,(H,32,36). The summed E-state index contributed by atoms with van der Waals surface area (Å²) >= 11 is 0. The first-order valence-electron chi connectivity index (χ1n) is 14.4. The van der Waals surface area contributed by atoms with E-state index < -0.39 is 0 Å². The van der Waals surface area contributed by atoms with Gasteiger partial charge in [0.05, 0.1) is 25.4 Å². The molecule has 0 atom stereocenters. The van der Waals surface area contributed by atoms with Crippen molar-refractivity contribution in [1.82, 2.24) is 20.2 Å². The van der Waals surface area contributed by atoms with Crippen molar-refractivity contribution in [1.29, 1.82) is 0 Å². The van der Waals surface area contributed by atoms with E-state index in [0.29, 0.717) is 5.56 Å². The number of aromatic nitrogens is 2. The Morgan fingerprint density at radius 1 is 0.921 bits per heavy atom. The fourth-order valence-electron chi connectivity index (χ4n) is 6.28. The summed E-state index contributed by atoms with van der Waals surface area (Å²) in [5.41, 5.74) is 1.93. The van der Waals surface area contributed by atoms with Crippen LogP contribution in [0.25, 0.3) is 0 Å². The van der Waals surface area contributed by atoms with Gasteiger partial charge < -0.3 is 24.6 Å². The van der Waals surface area contributed by atoms with Gasteiger partial charge in [-0.25, -0.2) is 9.97 Å². The number of nitrogens with one attached hydrogen (secondary N) is 1. The number of fused-ring (bicyclic) bond motifs is 1. The molecule has 0 unspecified atom stereocenters. The van der Waals surface area contributed by atoms with Crippen LogP contribution in [0, 0.1) is 5.92 Å². The summed E-state index contributed by atoms with van der Waals surface area (Å²) in [4.78, 5) is 29.2. The Morgan fingerprint density at radius 3 is 2.50 bits per heavy atom. The zero-order chi connectivity index (χ0) is 25.7. The summed E-state index contributed by atoms with van der Waals surface area (Å²) in [6.07, 6.45) is 10.3. The highest BCUT2D eigenvalue weighted by molar-refractivity contribution is 5.94. The Hall–Kier alpha value is -2.91. The Morgan fingerprint density at radius 2 is 1.74 bits per heavy atom. The highest BCUT2D eigenvalue weighted by Crippen LogP contribution is 2.32. The van der Waals surface area contributed by atoms with Crippen molar-refractivity contribution in [3.63, 3.8) is 0 Å². The Balaban J connectivity index is 0.898. The molecule has 38 heavy (non-hydrogen) atoms. The number of anilines is 2. The number of hydrogen-bond donors (Lipinski definition) is 1. The van der Waals surface area contributed by atoms with Crippen LogP contribution in [0.1, 0.15) is 48.0 Å². The maximum absolute atomic E-state index is 12.8. The van der Waals surface area contributed by atoms with Crippen molar-refractivity contribution >= 4 is 17.5 Å². The van der Waals surface area contributed by atoms with Crippen molar-refractivity contribution < 1.29 is 14.3 Å². The van der Waals surface area contributed by atoms with Crippen molar-refractivity contribution in [3.8, 4) is 5.75 Å². The van der Waals surface area contributed by atoms with E-state index in [2.05, 4.69) is 30.0 Å². The van der Waals surface area contributed by atoms with Crippen LogP contribution < -0.4 is 19.9 Å². The number of hydrogen-bond acceptors (Lipinski definition) is 8. The third kappa shape index (κ3) is 5.89. The van der Waals surface area contributed by atoms with Gasteiger partial charge in [-0.2, -0.15) is 0 Å². The molecule has 3 aliphatic heterocycles. The smallest absolute Gasteiger partial charge is 0.253 e. The fraction of sp³-hybridized carbons (Fsp3) is 0.621. The molecule has 3 fully saturated rings. The number of nitrogens with zero attached hydrogens (tertiary/aromatic N) is 5. The number of carbonyl (C=O) groups is 1. The van der Waals surface area contributed by atoms with Crippen LogP contribution in [0.3, 0.4) is 0 Å². The highest BCUT2D eigenvalue weighted by atomic mass is 16.5. The van der Waals surface area contributed by atoms with Gasteiger partial charge in [-0.3, -0.25) is 9.69 Å². The van der Waals surface area contributed by atoms with Crippen molar-refractivity contribution in [2.45, 2.75) is 44.6 Å². The molecule has 2 aromatic rings. The lowest BCUT2D eigenvalue weighted by Gasteiger charge is -2.37. The third-order valence-electron chi connectivity index (χ3n) is 8.65. The van der Waals surface area contributed by atoms with Crippen LogP contribution in [-0.4, -0.2) is 92.5 Å². The molecule has 204 valence electrons. The van der Waals surface area contributed by atoms with Gasteiger partial charge in [0.1, 0.15) is 17.4 Å². The lowest BCUT2D eigenvalue weighted by molar-refractivity contribution is 0.0919. The maximum atomic E-state index is 12.8. The zero-order valence-corrected chi connectivity index (χ0v) is 22.3. The molecule has 0 bridgehead atoms. The molecule has 1 amide bonds. The third-order valence-corrected chi connectivity index (χ3v) is 8.65. The van der Waals surface area contributed by atoms with Crippen LogP contribution >= 0.6 is 0 Å². The molecule has 0 radical (unpaired) electrons. The monoisotopic (exact) mass is 520 g/mol. The number of amides is 1. The second-order valence-electron chi connectivity index (χ2n) is 11.0. The van der Waals surface area contributed by atoms with E-state index in [0.717, 1.165) is 102 Å². The molecule has 9 heteroatoms. The SMILES string of the molecule is O=C(NC1CCC(CCN2CCN(c3nccc4c3CCO4)CC2)CC1)c1ccc(N2CCOCC2)nc1.